The van der Waals surface area contributed by atoms with Crippen LogP contribution in [0.3, 0.4) is 0 Å². The minimum atomic E-state index is -0.139. The van der Waals surface area contributed by atoms with E-state index in [0.717, 1.165) is 21.5 Å². The van der Waals surface area contributed by atoms with E-state index in [0.29, 0.717) is 10.7 Å². The molecule has 0 unspecified atom stereocenters. The highest BCUT2D eigenvalue weighted by molar-refractivity contribution is 7.22. The molecule has 21 heavy (non-hydrogen) atoms. The molecular formula is C16H15N3OS. The van der Waals surface area contributed by atoms with Crippen molar-refractivity contribution in [2.45, 2.75) is 6.92 Å². The summed E-state index contributed by atoms with van der Waals surface area (Å²) in [6.45, 7) is 1.97. The Morgan fingerprint density at radius 1 is 1.19 bits per heavy atom. The van der Waals surface area contributed by atoms with Gasteiger partial charge in [-0.15, -0.1) is 0 Å². The fourth-order valence-corrected chi connectivity index (χ4v) is 3.04. The third-order valence-corrected chi connectivity index (χ3v) is 4.22. The Morgan fingerprint density at radius 3 is 2.71 bits per heavy atom. The number of hydrogen-bond acceptors (Lipinski definition) is 4. The van der Waals surface area contributed by atoms with Crippen LogP contribution in [0.5, 0.6) is 0 Å². The van der Waals surface area contributed by atoms with E-state index < -0.39 is 0 Å². The van der Waals surface area contributed by atoms with Crippen molar-refractivity contribution in [3.05, 3.63) is 53.6 Å². The van der Waals surface area contributed by atoms with Gasteiger partial charge in [0.25, 0.3) is 5.91 Å². The first-order chi connectivity index (χ1) is 10.2. The van der Waals surface area contributed by atoms with E-state index in [4.69, 9.17) is 0 Å². The van der Waals surface area contributed by atoms with Gasteiger partial charge in [0.15, 0.2) is 5.13 Å². The van der Waals surface area contributed by atoms with Crippen molar-refractivity contribution in [2.24, 2.45) is 0 Å². The van der Waals surface area contributed by atoms with Crippen LogP contribution in [-0.4, -0.2) is 17.9 Å². The van der Waals surface area contributed by atoms with Crippen LogP contribution in [-0.2, 0) is 0 Å². The number of amides is 1. The molecule has 0 spiro atoms. The number of nitrogens with zero attached hydrogens (tertiary/aromatic N) is 1. The van der Waals surface area contributed by atoms with Crippen LogP contribution in [0.1, 0.15) is 15.9 Å². The number of anilines is 2. The number of hydrogen-bond donors (Lipinski definition) is 2. The average molecular weight is 297 g/mol. The summed E-state index contributed by atoms with van der Waals surface area (Å²) in [6.07, 6.45) is 0. The molecule has 3 rings (SSSR count). The molecule has 0 fully saturated rings. The van der Waals surface area contributed by atoms with Crippen molar-refractivity contribution in [2.75, 3.05) is 17.7 Å². The molecule has 0 radical (unpaired) electrons. The molecule has 0 aliphatic carbocycles. The normalized spacial score (nSPS) is 10.6. The van der Waals surface area contributed by atoms with Crippen molar-refractivity contribution in [3.8, 4) is 0 Å². The minimum absolute atomic E-state index is 0.139. The predicted molar refractivity (Wildman–Crippen MR) is 88.3 cm³/mol. The van der Waals surface area contributed by atoms with Crippen molar-refractivity contribution in [3.63, 3.8) is 0 Å². The summed E-state index contributed by atoms with van der Waals surface area (Å²) in [4.78, 5) is 16.7. The summed E-state index contributed by atoms with van der Waals surface area (Å²) >= 11 is 1.48. The minimum Gasteiger partial charge on any atom is -0.388 e. The zero-order chi connectivity index (χ0) is 14.8. The molecule has 1 amide bonds. The Morgan fingerprint density at radius 2 is 2.00 bits per heavy atom. The molecule has 0 aliphatic rings. The lowest BCUT2D eigenvalue weighted by Gasteiger charge is -2.07. The number of para-hydroxylation sites is 1. The van der Waals surface area contributed by atoms with Crippen LogP contribution in [0.4, 0.5) is 10.8 Å². The van der Waals surface area contributed by atoms with Crippen molar-refractivity contribution in [1.29, 1.82) is 0 Å². The van der Waals surface area contributed by atoms with Gasteiger partial charge in [-0.3, -0.25) is 10.1 Å². The zero-order valence-electron chi connectivity index (χ0n) is 11.8. The van der Waals surface area contributed by atoms with Crippen LogP contribution in [0.25, 0.3) is 10.2 Å². The van der Waals surface area contributed by atoms with Crippen LogP contribution in [0.15, 0.2) is 42.5 Å². The highest BCUT2D eigenvalue weighted by Gasteiger charge is 2.10. The van der Waals surface area contributed by atoms with E-state index in [1.807, 2.05) is 56.4 Å². The SMILES string of the molecule is CNc1ccc(C(=O)Nc2nc3ccccc3s2)cc1C. The van der Waals surface area contributed by atoms with Crippen molar-refractivity contribution >= 4 is 38.3 Å². The third kappa shape index (κ3) is 2.73. The lowest BCUT2D eigenvalue weighted by Crippen LogP contribution is -2.12. The molecule has 106 valence electrons. The number of nitrogens with one attached hydrogen (secondary N) is 2. The average Bonchev–Trinajstić information content (AvgIpc) is 2.89. The molecule has 2 N–H and O–H groups in total. The number of benzene rings is 2. The number of carbonyl (C=O) groups excluding carboxylic acids is 1. The summed E-state index contributed by atoms with van der Waals surface area (Å²) in [7, 11) is 1.86. The van der Waals surface area contributed by atoms with Crippen LogP contribution < -0.4 is 10.6 Å². The number of aromatic nitrogens is 1. The Labute approximate surface area is 126 Å². The maximum atomic E-state index is 12.3. The summed E-state index contributed by atoms with van der Waals surface area (Å²) in [5.41, 5.74) is 3.59. The van der Waals surface area contributed by atoms with Gasteiger partial charge in [-0.05, 0) is 42.8 Å². The Bertz CT molecular complexity index is 777. The van der Waals surface area contributed by atoms with Crippen LogP contribution in [0.2, 0.25) is 0 Å². The standard InChI is InChI=1S/C16H15N3OS/c1-10-9-11(7-8-12(10)17-2)15(20)19-16-18-13-5-3-4-6-14(13)21-16/h3-9,17H,1-2H3,(H,18,19,20). The van der Waals surface area contributed by atoms with Gasteiger partial charge in [-0.1, -0.05) is 23.5 Å². The van der Waals surface area contributed by atoms with E-state index in [9.17, 15) is 4.79 Å². The smallest absolute Gasteiger partial charge is 0.257 e. The molecule has 3 aromatic rings. The fraction of sp³-hybridized carbons (Fsp3) is 0.125. The number of thiazole rings is 1. The monoisotopic (exact) mass is 297 g/mol. The van der Waals surface area contributed by atoms with E-state index in [1.165, 1.54) is 11.3 Å². The largest absolute Gasteiger partial charge is 0.388 e. The third-order valence-electron chi connectivity index (χ3n) is 3.27. The molecule has 0 atom stereocenters. The first-order valence-electron chi connectivity index (χ1n) is 6.62. The topological polar surface area (TPSA) is 54.0 Å². The van der Waals surface area contributed by atoms with Crippen LogP contribution in [0, 0.1) is 6.92 Å². The molecule has 1 aromatic heterocycles. The molecule has 1 heterocycles. The Hall–Kier alpha value is -2.40. The molecule has 4 nitrogen and oxygen atoms in total. The van der Waals surface area contributed by atoms with Gasteiger partial charge < -0.3 is 5.32 Å². The number of carbonyl (C=O) groups is 1. The first-order valence-corrected chi connectivity index (χ1v) is 7.44. The number of aryl methyl sites for hydroxylation is 1. The quantitative estimate of drug-likeness (QED) is 0.771. The zero-order valence-corrected chi connectivity index (χ0v) is 12.6. The van der Waals surface area contributed by atoms with E-state index in [2.05, 4.69) is 15.6 Å². The van der Waals surface area contributed by atoms with E-state index in [1.54, 1.807) is 0 Å². The molecule has 0 bridgehead atoms. The van der Waals surface area contributed by atoms with Gasteiger partial charge in [-0.2, -0.15) is 0 Å². The van der Waals surface area contributed by atoms with Crippen LogP contribution >= 0.6 is 11.3 Å². The van der Waals surface area contributed by atoms with E-state index in [-0.39, 0.29) is 5.91 Å². The maximum Gasteiger partial charge on any atom is 0.257 e. The lowest BCUT2D eigenvalue weighted by atomic mass is 10.1. The number of rotatable bonds is 3. The van der Waals surface area contributed by atoms with E-state index >= 15 is 0 Å². The lowest BCUT2D eigenvalue weighted by molar-refractivity contribution is 0.102. The second-order valence-corrected chi connectivity index (χ2v) is 5.75. The second kappa shape index (κ2) is 5.54. The summed E-state index contributed by atoms with van der Waals surface area (Å²) in [5, 5.41) is 6.57. The van der Waals surface area contributed by atoms with Gasteiger partial charge in [0.05, 0.1) is 10.2 Å². The van der Waals surface area contributed by atoms with Gasteiger partial charge in [-0.25, -0.2) is 4.98 Å². The molecular weight excluding hydrogens is 282 g/mol. The van der Waals surface area contributed by atoms with Gasteiger partial charge in [0.2, 0.25) is 0 Å². The number of fused-ring (bicyclic) bond motifs is 1. The highest BCUT2D eigenvalue weighted by atomic mass is 32.1. The molecule has 0 saturated carbocycles. The fourth-order valence-electron chi connectivity index (χ4n) is 2.18. The predicted octanol–water partition coefficient (Wildman–Crippen LogP) is 3.90. The molecule has 0 aliphatic heterocycles. The van der Waals surface area contributed by atoms with Gasteiger partial charge >= 0.3 is 0 Å². The molecule has 5 heteroatoms. The second-order valence-electron chi connectivity index (χ2n) is 4.72. The summed E-state index contributed by atoms with van der Waals surface area (Å²) in [5.74, 6) is -0.139. The first kappa shape index (κ1) is 13.6. The summed E-state index contributed by atoms with van der Waals surface area (Å²) in [6, 6.07) is 13.4. The molecule has 2 aromatic carbocycles. The Balaban J connectivity index is 1.84. The highest BCUT2D eigenvalue weighted by Crippen LogP contribution is 2.26. The summed E-state index contributed by atoms with van der Waals surface area (Å²) < 4.78 is 1.06. The van der Waals surface area contributed by atoms with Gasteiger partial charge in [0.1, 0.15) is 0 Å². The van der Waals surface area contributed by atoms with Crippen molar-refractivity contribution in [1.82, 2.24) is 4.98 Å². The molecule has 0 saturated heterocycles. The Kier molecular flexibility index (Phi) is 3.58. The maximum absolute atomic E-state index is 12.3. The van der Waals surface area contributed by atoms with Gasteiger partial charge in [0, 0.05) is 18.3 Å². The van der Waals surface area contributed by atoms with Crippen molar-refractivity contribution < 1.29 is 4.79 Å².